The first kappa shape index (κ1) is 25.4. The second kappa shape index (κ2) is 9.49. The van der Waals surface area contributed by atoms with Gasteiger partial charge >= 0.3 is 0 Å². The van der Waals surface area contributed by atoms with E-state index in [1.807, 2.05) is 48.5 Å². The van der Waals surface area contributed by atoms with Crippen LogP contribution in [0.2, 0.25) is 5.02 Å². The number of hydrogen-bond acceptors (Lipinski definition) is 4. The van der Waals surface area contributed by atoms with Crippen LogP contribution in [-0.4, -0.2) is 23.9 Å². The third-order valence-corrected chi connectivity index (χ3v) is 8.76. The number of rotatable bonds is 5. The SMILES string of the molecule is O=C(Cc1ccc(Cl)cc1)N/N=C\C12c3ccccc3C(c3ccccc31)[C@@H]1C(=O)N(c3ccc(F)cc3)C(=O)[C@@H]12. The first-order valence-corrected chi connectivity index (χ1v) is 13.7. The summed E-state index contributed by atoms with van der Waals surface area (Å²) < 4.78 is 13.7. The first-order chi connectivity index (χ1) is 19.9. The van der Waals surface area contributed by atoms with Crippen LogP contribution in [0.1, 0.15) is 33.7 Å². The molecule has 8 rings (SSSR count). The molecule has 8 heteroatoms. The van der Waals surface area contributed by atoms with Crippen molar-refractivity contribution in [3.05, 3.63) is 136 Å². The number of amides is 3. The Morgan fingerprint density at radius 2 is 1.49 bits per heavy atom. The van der Waals surface area contributed by atoms with Gasteiger partial charge in [0.05, 0.1) is 29.4 Å². The highest BCUT2D eigenvalue weighted by atomic mass is 35.5. The molecule has 0 unspecified atom stereocenters. The van der Waals surface area contributed by atoms with Crippen LogP contribution in [0.15, 0.2) is 102 Å². The van der Waals surface area contributed by atoms with Crippen LogP contribution in [0, 0.1) is 17.7 Å². The highest BCUT2D eigenvalue weighted by Crippen LogP contribution is 2.63. The fourth-order valence-corrected chi connectivity index (χ4v) is 7.05. The molecule has 3 aliphatic carbocycles. The largest absolute Gasteiger partial charge is 0.274 e. The van der Waals surface area contributed by atoms with E-state index in [1.54, 1.807) is 30.5 Å². The minimum Gasteiger partial charge on any atom is -0.274 e. The number of halogens is 2. The van der Waals surface area contributed by atoms with Crippen LogP contribution in [0.3, 0.4) is 0 Å². The van der Waals surface area contributed by atoms with Crippen LogP contribution in [0.5, 0.6) is 0 Å². The van der Waals surface area contributed by atoms with Crippen LogP contribution in [0.4, 0.5) is 10.1 Å². The maximum atomic E-state index is 14.3. The van der Waals surface area contributed by atoms with Gasteiger partial charge in [-0.25, -0.2) is 14.7 Å². The number of hydrogen-bond donors (Lipinski definition) is 1. The van der Waals surface area contributed by atoms with Crippen molar-refractivity contribution in [1.82, 2.24) is 5.43 Å². The number of nitrogens with one attached hydrogen (secondary N) is 1. The molecule has 1 heterocycles. The molecule has 0 aromatic heterocycles. The van der Waals surface area contributed by atoms with Gasteiger partial charge in [0.1, 0.15) is 5.82 Å². The molecule has 0 saturated carbocycles. The van der Waals surface area contributed by atoms with Crippen molar-refractivity contribution < 1.29 is 18.8 Å². The average molecular weight is 564 g/mol. The van der Waals surface area contributed by atoms with E-state index in [0.717, 1.165) is 27.8 Å². The summed E-state index contributed by atoms with van der Waals surface area (Å²) in [6.07, 6.45) is 1.72. The maximum Gasteiger partial charge on any atom is 0.244 e. The van der Waals surface area contributed by atoms with E-state index in [9.17, 15) is 18.8 Å². The Balaban J connectivity index is 1.34. The standard InChI is InChI=1S/C33H23ClFN3O3/c34-20-11-9-19(10-12-20)17-27(39)37-36-18-33-25-7-3-1-5-23(25)28(24-6-2-4-8-26(24)33)29-30(33)32(41)38(31(29)40)22-15-13-21(35)14-16-22/h1-16,18,28-30H,17H2,(H,37,39)/b36-18-/t28?,29-,30+,33?/m0/s1. The molecule has 41 heavy (non-hydrogen) atoms. The molecule has 2 bridgehead atoms. The number of hydrazone groups is 1. The number of benzene rings is 4. The van der Waals surface area contributed by atoms with Gasteiger partial charge in [0, 0.05) is 17.2 Å². The van der Waals surface area contributed by atoms with Gasteiger partial charge in [0.25, 0.3) is 0 Å². The molecule has 6 nitrogen and oxygen atoms in total. The molecule has 1 N–H and O–H groups in total. The lowest BCUT2D eigenvalue weighted by molar-refractivity contribution is -0.123. The van der Waals surface area contributed by atoms with Gasteiger partial charge in [0.15, 0.2) is 0 Å². The summed E-state index contributed by atoms with van der Waals surface area (Å²) in [4.78, 5) is 42.4. The highest BCUT2D eigenvalue weighted by Gasteiger charge is 2.68. The number of carbonyl (C=O) groups excluding carboxylic acids is 3. The Hall–Kier alpha value is -4.62. The molecule has 1 fully saturated rings. The van der Waals surface area contributed by atoms with Crippen molar-refractivity contribution in [1.29, 1.82) is 0 Å². The van der Waals surface area contributed by atoms with Gasteiger partial charge < -0.3 is 0 Å². The van der Waals surface area contributed by atoms with E-state index in [1.165, 1.54) is 29.2 Å². The third kappa shape index (κ3) is 3.76. The number of carbonyl (C=O) groups is 3. The summed E-state index contributed by atoms with van der Waals surface area (Å²) in [7, 11) is 0. The summed E-state index contributed by atoms with van der Waals surface area (Å²) in [6.45, 7) is 0. The second-order valence-corrected chi connectivity index (χ2v) is 11.0. The zero-order valence-corrected chi connectivity index (χ0v) is 22.4. The Bertz CT molecular complexity index is 1710. The van der Waals surface area contributed by atoms with Gasteiger partial charge in [-0.05, 0) is 64.2 Å². The van der Waals surface area contributed by atoms with Crippen LogP contribution >= 0.6 is 11.6 Å². The number of nitrogens with zero attached hydrogens (tertiary/aromatic N) is 2. The number of anilines is 1. The Morgan fingerprint density at radius 3 is 2.12 bits per heavy atom. The molecule has 3 amide bonds. The zero-order valence-electron chi connectivity index (χ0n) is 21.6. The second-order valence-electron chi connectivity index (χ2n) is 10.6. The molecule has 4 aliphatic rings. The van der Waals surface area contributed by atoms with Gasteiger partial charge in [-0.2, -0.15) is 5.10 Å². The predicted octanol–water partition coefficient (Wildman–Crippen LogP) is 5.37. The van der Waals surface area contributed by atoms with E-state index < -0.39 is 23.1 Å². The molecule has 1 aliphatic heterocycles. The first-order valence-electron chi connectivity index (χ1n) is 13.3. The topological polar surface area (TPSA) is 78.8 Å². The van der Waals surface area contributed by atoms with Crippen molar-refractivity contribution in [2.75, 3.05) is 4.90 Å². The fraction of sp³-hybridized carbons (Fsp3) is 0.152. The molecule has 0 radical (unpaired) electrons. The lowest BCUT2D eigenvalue weighted by atomic mass is 9.47. The molecule has 4 aromatic rings. The number of imide groups is 1. The molecule has 0 spiro atoms. The predicted molar refractivity (Wildman–Crippen MR) is 153 cm³/mol. The summed E-state index contributed by atoms with van der Waals surface area (Å²) in [5, 5.41) is 5.00. The van der Waals surface area contributed by atoms with E-state index in [2.05, 4.69) is 10.5 Å². The molecule has 4 aromatic carbocycles. The van der Waals surface area contributed by atoms with Gasteiger partial charge in [-0.15, -0.1) is 0 Å². The van der Waals surface area contributed by atoms with Gasteiger partial charge in [-0.1, -0.05) is 72.3 Å². The Morgan fingerprint density at radius 1 is 0.878 bits per heavy atom. The highest BCUT2D eigenvalue weighted by molar-refractivity contribution is 6.30. The molecule has 1 saturated heterocycles. The zero-order chi connectivity index (χ0) is 28.3. The monoisotopic (exact) mass is 563 g/mol. The van der Waals surface area contributed by atoms with Crippen LogP contribution in [-0.2, 0) is 26.2 Å². The third-order valence-electron chi connectivity index (χ3n) is 8.50. The van der Waals surface area contributed by atoms with Crippen molar-refractivity contribution >= 4 is 41.2 Å². The van der Waals surface area contributed by atoms with Gasteiger partial charge in [-0.3, -0.25) is 14.4 Å². The van der Waals surface area contributed by atoms with Crippen molar-refractivity contribution in [2.24, 2.45) is 16.9 Å². The lowest BCUT2D eigenvalue weighted by Crippen LogP contribution is -2.54. The van der Waals surface area contributed by atoms with Crippen molar-refractivity contribution in [3.63, 3.8) is 0 Å². The maximum absolute atomic E-state index is 14.3. The quantitative estimate of drug-likeness (QED) is 0.201. The Labute approximate surface area is 240 Å². The molecule has 2 atom stereocenters. The van der Waals surface area contributed by atoms with E-state index in [-0.39, 0.29) is 30.1 Å². The minimum absolute atomic E-state index is 0.0958. The Kier molecular flexibility index (Phi) is 5.87. The minimum atomic E-state index is -1.11. The van der Waals surface area contributed by atoms with E-state index in [0.29, 0.717) is 10.7 Å². The summed E-state index contributed by atoms with van der Waals surface area (Å²) in [5.41, 5.74) is 6.29. The smallest absolute Gasteiger partial charge is 0.244 e. The normalized spacial score (nSPS) is 23.9. The summed E-state index contributed by atoms with van der Waals surface area (Å²) >= 11 is 5.96. The molecular weight excluding hydrogens is 541 g/mol. The van der Waals surface area contributed by atoms with E-state index >= 15 is 0 Å². The van der Waals surface area contributed by atoms with Crippen molar-refractivity contribution in [2.45, 2.75) is 17.8 Å². The summed E-state index contributed by atoms with van der Waals surface area (Å²) in [5.74, 6) is -3.30. The average Bonchev–Trinajstić information content (AvgIpc) is 3.25. The molecule has 202 valence electrons. The fourth-order valence-electron chi connectivity index (χ4n) is 6.93. The van der Waals surface area contributed by atoms with Crippen molar-refractivity contribution in [3.8, 4) is 0 Å². The van der Waals surface area contributed by atoms with E-state index in [4.69, 9.17) is 11.6 Å². The lowest BCUT2D eigenvalue weighted by Gasteiger charge is -2.52. The van der Waals surface area contributed by atoms with Crippen LogP contribution in [0.25, 0.3) is 0 Å². The van der Waals surface area contributed by atoms with Gasteiger partial charge in [0.2, 0.25) is 17.7 Å². The summed E-state index contributed by atoms with van der Waals surface area (Å²) in [6, 6.07) is 27.9. The van der Waals surface area contributed by atoms with Crippen LogP contribution < -0.4 is 10.3 Å². The molecular formula is C33H23ClFN3O3.